The first-order valence-corrected chi connectivity index (χ1v) is 27.5. The van der Waals surface area contributed by atoms with Gasteiger partial charge in [-0.25, -0.2) is 18.1 Å². The first-order valence-electron chi connectivity index (χ1n) is 25.7. The van der Waals surface area contributed by atoms with E-state index in [4.69, 9.17) is 21.1 Å². The van der Waals surface area contributed by atoms with Crippen molar-refractivity contribution in [3.05, 3.63) is 117 Å². The number of pyridine rings is 1. The minimum absolute atomic E-state index is 0.0133. The van der Waals surface area contributed by atoms with Gasteiger partial charge in [0.2, 0.25) is 0 Å². The summed E-state index contributed by atoms with van der Waals surface area (Å²) in [6.07, 6.45) is 13.3. The molecule has 1 saturated carbocycles. The topological polar surface area (TPSA) is 179 Å². The number of nitro groups is 1. The molecule has 2 aliphatic carbocycles. The minimum Gasteiger partial charge on any atom is -0.453 e. The van der Waals surface area contributed by atoms with E-state index < -0.39 is 20.9 Å². The Morgan fingerprint density at radius 3 is 2.42 bits per heavy atom. The van der Waals surface area contributed by atoms with Crippen LogP contribution in [0.5, 0.6) is 11.5 Å². The van der Waals surface area contributed by atoms with Gasteiger partial charge in [-0.1, -0.05) is 55.3 Å². The molecule has 2 aromatic heterocycles. The van der Waals surface area contributed by atoms with Gasteiger partial charge in [-0.3, -0.25) is 29.6 Å². The second kappa shape index (κ2) is 21.5. The van der Waals surface area contributed by atoms with E-state index in [1.54, 1.807) is 18.5 Å². The molecule has 1 unspecified atom stereocenters. The third-order valence-electron chi connectivity index (χ3n) is 15.5. The Bertz CT molecular complexity index is 2900. The maximum Gasteiger partial charge on any atom is 0.293 e. The molecule has 0 bridgehead atoms. The summed E-state index contributed by atoms with van der Waals surface area (Å²) in [5, 5.41) is 17.3. The Balaban J connectivity index is 0.859. The number of anilines is 2. The maximum absolute atomic E-state index is 14.6. The van der Waals surface area contributed by atoms with E-state index in [9.17, 15) is 23.3 Å². The zero-order chi connectivity index (χ0) is 50.0. The number of aromatic nitrogens is 2. The smallest absolute Gasteiger partial charge is 0.293 e. The molecule has 0 radical (unpaired) electrons. The number of hydrogen-bond donors (Lipinski definition) is 3. The van der Waals surface area contributed by atoms with Crippen LogP contribution in [0.15, 0.2) is 95.7 Å². The average molecular weight is 1020 g/mol. The van der Waals surface area contributed by atoms with Crippen molar-refractivity contribution in [3.63, 3.8) is 0 Å². The van der Waals surface area contributed by atoms with Crippen molar-refractivity contribution in [1.29, 1.82) is 0 Å². The Labute approximate surface area is 427 Å². The quantitative estimate of drug-likeness (QED) is 0.0708. The lowest BCUT2D eigenvalue weighted by Crippen LogP contribution is -2.55. The van der Waals surface area contributed by atoms with Gasteiger partial charge in [-0.2, -0.15) is 0 Å². The van der Waals surface area contributed by atoms with E-state index in [1.165, 1.54) is 47.4 Å². The maximum atomic E-state index is 14.6. The van der Waals surface area contributed by atoms with Crippen LogP contribution in [-0.4, -0.2) is 128 Å². The van der Waals surface area contributed by atoms with Crippen LogP contribution < -0.4 is 19.7 Å². The minimum atomic E-state index is -4.68. The number of rotatable bonds is 14. The van der Waals surface area contributed by atoms with E-state index in [2.05, 4.69) is 65.6 Å². The number of hydrogen-bond acceptors (Lipinski definition) is 13. The van der Waals surface area contributed by atoms with Gasteiger partial charge < -0.3 is 24.7 Å². The van der Waals surface area contributed by atoms with Crippen molar-refractivity contribution in [3.8, 4) is 11.5 Å². The Morgan fingerprint density at radius 1 is 0.931 bits per heavy atom. The predicted octanol–water partition coefficient (Wildman–Crippen LogP) is 9.69. The third-order valence-corrected chi connectivity index (χ3v) is 17.2. The fraction of sp³-hybridized carbons (Fsp3) is 0.481. The molecule has 18 heteroatoms. The molecule has 5 heterocycles. The Hall–Kier alpha value is -5.56. The van der Waals surface area contributed by atoms with Gasteiger partial charge in [0.05, 0.1) is 22.4 Å². The lowest BCUT2D eigenvalue weighted by atomic mass is 9.72. The highest BCUT2D eigenvalue weighted by atomic mass is 35.5. The summed E-state index contributed by atoms with van der Waals surface area (Å²) < 4.78 is 43.9. The van der Waals surface area contributed by atoms with Crippen molar-refractivity contribution in [1.82, 2.24) is 29.4 Å². The fourth-order valence-electron chi connectivity index (χ4n) is 11.5. The summed E-state index contributed by atoms with van der Waals surface area (Å²) in [4.78, 5) is 43.3. The number of amides is 1. The summed E-state index contributed by atoms with van der Waals surface area (Å²) in [5.74, 6) is -0.394. The number of allylic oxidation sites excluding steroid dienone is 1. The predicted molar refractivity (Wildman–Crippen MR) is 281 cm³/mol. The zero-order valence-electron chi connectivity index (χ0n) is 41.3. The second-order valence-electron chi connectivity index (χ2n) is 20.9. The number of carbonyl (C=O) groups is 1. The number of nitrogens with one attached hydrogen (secondary N) is 3. The molecule has 382 valence electrons. The van der Waals surface area contributed by atoms with Crippen LogP contribution >= 0.6 is 11.6 Å². The van der Waals surface area contributed by atoms with E-state index in [0.717, 1.165) is 108 Å². The van der Waals surface area contributed by atoms with E-state index in [0.29, 0.717) is 49.1 Å². The number of nitro benzene ring substituents is 1. The summed E-state index contributed by atoms with van der Waals surface area (Å²) in [6, 6.07) is 21.1. The first-order chi connectivity index (χ1) is 34.8. The number of sulfonamides is 1. The van der Waals surface area contributed by atoms with Gasteiger partial charge >= 0.3 is 0 Å². The number of halogens is 1. The molecule has 1 atom stereocenters. The number of carbonyl (C=O) groups excluding carboxylic acids is 1. The molecule has 5 aromatic rings. The molecule has 1 amide bonds. The molecule has 5 aliphatic rings. The van der Waals surface area contributed by atoms with Gasteiger partial charge in [0.15, 0.2) is 5.75 Å². The fourth-order valence-corrected chi connectivity index (χ4v) is 12.8. The number of piperazine rings is 2. The second-order valence-corrected chi connectivity index (χ2v) is 23.0. The van der Waals surface area contributed by atoms with Crippen LogP contribution in [-0.2, 0) is 14.8 Å². The number of H-pyrrole nitrogens is 1. The van der Waals surface area contributed by atoms with Gasteiger partial charge in [-0.05, 0) is 123 Å². The lowest BCUT2D eigenvalue weighted by Gasteiger charge is -2.44. The number of fused-ring (bicyclic) bond motifs is 1. The van der Waals surface area contributed by atoms with Crippen molar-refractivity contribution < 1.29 is 27.6 Å². The molecule has 3 N–H and O–H groups in total. The molecule has 3 saturated heterocycles. The normalized spacial score (nSPS) is 22.7. The summed E-state index contributed by atoms with van der Waals surface area (Å²) in [7, 11) is -4.68. The Morgan fingerprint density at radius 2 is 1.68 bits per heavy atom. The molecular weight excluding hydrogens is 954 g/mol. The van der Waals surface area contributed by atoms with Gasteiger partial charge in [-0.15, -0.1) is 0 Å². The van der Waals surface area contributed by atoms with E-state index >= 15 is 0 Å². The van der Waals surface area contributed by atoms with Crippen LogP contribution in [0.4, 0.5) is 17.1 Å². The highest BCUT2D eigenvalue weighted by Crippen LogP contribution is 2.44. The van der Waals surface area contributed by atoms with Gasteiger partial charge in [0.1, 0.15) is 28.2 Å². The summed E-state index contributed by atoms with van der Waals surface area (Å²) >= 11 is 6.29. The van der Waals surface area contributed by atoms with Gasteiger partial charge in [0, 0.05) is 100 Å². The van der Waals surface area contributed by atoms with Crippen LogP contribution in [0.1, 0.15) is 94.0 Å². The largest absolute Gasteiger partial charge is 0.453 e. The zero-order valence-corrected chi connectivity index (χ0v) is 42.9. The first kappa shape index (κ1) is 50.0. The average Bonchev–Trinajstić information content (AvgIpc) is 3.86. The number of ether oxygens (including phenoxy) is 2. The summed E-state index contributed by atoms with van der Waals surface area (Å²) in [5.41, 5.74) is 5.03. The number of para-hydroxylation sites is 2. The number of nitrogens with zero attached hydrogens (tertiary/aromatic N) is 6. The van der Waals surface area contributed by atoms with Gasteiger partial charge in [0.25, 0.3) is 21.6 Å². The molecule has 10 rings (SSSR count). The highest BCUT2D eigenvalue weighted by Gasteiger charge is 2.36. The van der Waals surface area contributed by atoms with E-state index in [-0.39, 0.29) is 45.3 Å². The molecule has 0 spiro atoms. The number of aromatic amines is 1. The Kier molecular flexibility index (Phi) is 14.9. The molecular formula is C54H66ClN9O7S. The molecule has 4 fully saturated rings. The van der Waals surface area contributed by atoms with Crippen molar-refractivity contribution in [2.24, 2.45) is 5.41 Å². The van der Waals surface area contributed by atoms with Crippen molar-refractivity contribution >= 4 is 61.2 Å². The van der Waals surface area contributed by atoms with E-state index in [1.807, 2.05) is 30.3 Å². The van der Waals surface area contributed by atoms with Crippen LogP contribution in [0.25, 0.3) is 16.6 Å². The van der Waals surface area contributed by atoms with Crippen molar-refractivity contribution in [2.75, 3.05) is 75.7 Å². The van der Waals surface area contributed by atoms with Crippen LogP contribution in [0.2, 0.25) is 5.02 Å². The molecule has 3 aliphatic heterocycles. The van der Waals surface area contributed by atoms with Crippen LogP contribution in [0.3, 0.4) is 0 Å². The third kappa shape index (κ3) is 11.3. The van der Waals surface area contributed by atoms with Crippen molar-refractivity contribution in [2.45, 2.75) is 101 Å². The monoisotopic (exact) mass is 1020 g/mol. The molecule has 3 aromatic carbocycles. The highest BCUT2D eigenvalue weighted by molar-refractivity contribution is 7.90. The van der Waals surface area contributed by atoms with Crippen LogP contribution in [0, 0.1) is 15.5 Å². The standard InChI is InChI=1S/C54H66ClN9O7S/c1-54(2)22-20-39(45(34-54)37-12-14-40(55)15-13-37)36-60-24-26-62(27-25-60)47-9-5-7-44(51(47)71-43-33-38-21-23-56-52(38)57-35-43)53(65)59-72(68,69)48-10-6-8-46(64(66)67)50(48)58-41-16-18-42(19-17-41)61-28-30-63(31-29-61)49-11-3-4-32-70-49/h5-10,12-15,21,23,33,35,41-42,49,58H,3-4,11,16-20,22,24-32,34,36H2,1-2H3,(H,56,57)(H,59,65)/t41-,42-,49?. The molecule has 16 nitrogen and oxygen atoms in total. The number of benzene rings is 3. The lowest BCUT2D eigenvalue weighted by molar-refractivity contribution is -0.384. The molecule has 72 heavy (non-hydrogen) atoms. The summed E-state index contributed by atoms with van der Waals surface area (Å²) in [6.45, 7) is 12.9. The SMILES string of the molecule is CC1(C)CCC(CN2CCN(c3cccc(C(=O)NS(=O)(=O)c4cccc([N+](=O)[O-])c4N[C@H]4CC[C@H](N5CCN(C6CCCCO6)CC5)CC4)c3Oc3cnc4[nH]ccc4c3)CC2)=C(c2ccc(Cl)cc2)C1.